The molecule has 1 aliphatic heterocycles. The molecule has 188 valence electrons. The number of halogens is 3. The van der Waals surface area contributed by atoms with Crippen LogP contribution in [0.3, 0.4) is 0 Å². The van der Waals surface area contributed by atoms with Crippen LogP contribution >= 0.6 is 43.5 Å². The summed E-state index contributed by atoms with van der Waals surface area (Å²) in [5, 5.41) is 5.34. The summed E-state index contributed by atoms with van der Waals surface area (Å²) in [7, 11) is 0. The van der Waals surface area contributed by atoms with Crippen LogP contribution in [-0.2, 0) is 14.4 Å². The first-order chi connectivity index (χ1) is 17.6. The number of barbiturate groups is 1. The highest BCUT2D eigenvalue weighted by Crippen LogP contribution is 2.35. The molecule has 0 aliphatic carbocycles. The molecule has 3 aromatic rings. The van der Waals surface area contributed by atoms with Crippen molar-refractivity contribution in [3.8, 4) is 5.75 Å². The predicted octanol–water partition coefficient (Wildman–Crippen LogP) is 5.86. The largest absolute Gasteiger partial charge is 0.482 e. The SMILES string of the molecule is Cc1ccc(NC(=O)COc2c(Br)cc(Br)cc2/C=C2/C(=O)NC(=O)N(c3ccc(Cl)cc3)C2=O)cc1. The van der Waals surface area contributed by atoms with Crippen molar-refractivity contribution in [1.82, 2.24) is 5.32 Å². The number of carbonyl (C=O) groups is 4. The lowest BCUT2D eigenvalue weighted by Crippen LogP contribution is -2.54. The smallest absolute Gasteiger partial charge is 0.335 e. The van der Waals surface area contributed by atoms with Crippen molar-refractivity contribution in [2.75, 3.05) is 16.8 Å². The molecule has 1 aliphatic rings. The van der Waals surface area contributed by atoms with Crippen LogP contribution in [0.15, 0.2) is 75.2 Å². The fraction of sp³-hybridized carbons (Fsp3) is 0.0769. The summed E-state index contributed by atoms with van der Waals surface area (Å²) in [6.45, 7) is 1.61. The van der Waals surface area contributed by atoms with Crippen molar-refractivity contribution in [3.05, 3.63) is 91.3 Å². The number of amides is 5. The summed E-state index contributed by atoms with van der Waals surface area (Å²) < 4.78 is 6.88. The lowest BCUT2D eigenvalue weighted by Gasteiger charge is -2.26. The van der Waals surface area contributed by atoms with E-state index >= 15 is 0 Å². The van der Waals surface area contributed by atoms with E-state index in [1.807, 2.05) is 19.1 Å². The molecule has 37 heavy (non-hydrogen) atoms. The van der Waals surface area contributed by atoms with E-state index in [1.165, 1.54) is 30.3 Å². The van der Waals surface area contributed by atoms with Gasteiger partial charge in [-0.05, 0) is 77.5 Å². The molecular formula is C26H18Br2ClN3O5. The van der Waals surface area contributed by atoms with Gasteiger partial charge in [0.05, 0.1) is 10.2 Å². The first kappa shape index (κ1) is 26.6. The van der Waals surface area contributed by atoms with Gasteiger partial charge in [0.15, 0.2) is 6.61 Å². The normalized spacial score (nSPS) is 14.5. The van der Waals surface area contributed by atoms with Gasteiger partial charge < -0.3 is 10.1 Å². The van der Waals surface area contributed by atoms with Crippen LogP contribution in [-0.4, -0.2) is 30.4 Å². The maximum atomic E-state index is 13.2. The maximum absolute atomic E-state index is 13.2. The monoisotopic (exact) mass is 645 g/mol. The predicted molar refractivity (Wildman–Crippen MR) is 148 cm³/mol. The van der Waals surface area contributed by atoms with E-state index in [0.717, 1.165) is 10.5 Å². The van der Waals surface area contributed by atoms with Crippen LogP contribution in [0.25, 0.3) is 6.08 Å². The van der Waals surface area contributed by atoms with Crippen LogP contribution in [0.1, 0.15) is 11.1 Å². The quantitative estimate of drug-likeness (QED) is 0.258. The van der Waals surface area contributed by atoms with Gasteiger partial charge in [0.25, 0.3) is 17.7 Å². The van der Waals surface area contributed by atoms with Gasteiger partial charge >= 0.3 is 6.03 Å². The number of carbonyl (C=O) groups excluding carboxylic acids is 4. The molecule has 11 heteroatoms. The zero-order valence-corrected chi connectivity index (χ0v) is 23.1. The molecule has 2 N–H and O–H groups in total. The summed E-state index contributed by atoms with van der Waals surface area (Å²) in [5.74, 6) is -1.86. The summed E-state index contributed by atoms with van der Waals surface area (Å²) in [5.41, 5.74) is 1.95. The fourth-order valence-electron chi connectivity index (χ4n) is 3.45. The molecule has 0 saturated carbocycles. The van der Waals surface area contributed by atoms with Gasteiger partial charge in [0.2, 0.25) is 0 Å². The van der Waals surface area contributed by atoms with Gasteiger partial charge in [-0.1, -0.05) is 45.2 Å². The first-order valence-electron chi connectivity index (χ1n) is 10.8. The number of anilines is 2. The molecule has 4 rings (SSSR count). The molecule has 0 atom stereocenters. The molecule has 0 spiro atoms. The van der Waals surface area contributed by atoms with Crippen LogP contribution in [0.2, 0.25) is 5.02 Å². The van der Waals surface area contributed by atoms with Crippen molar-refractivity contribution in [1.29, 1.82) is 0 Å². The maximum Gasteiger partial charge on any atom is 0.335 e. The number of aryl methyl sites for hydroxylation is 1. The van der Waals surface area contributed by atoms with E-state index in [4.69, 9.17) is 16.3 Å². The van der Waals surface area contributed by atoms with Crippen molar-refractivity contribution < 1.29 is 23.9 Å². The third kappa shape index (κ3) is 6.27. The Morgan fingerprint density at radius 2 is 1.73 bits per heavy atom. The van der Waals surface area contributed by atoms with E-state index < -0.39 is 23.8 Å². The molecule has 3 aromatic carbocycles. The number of urea groups is 1. The average Bonchev–Trinajstić information content (AvgIpc) is 2.83. The minimum atomic E-state index is -0.880. The van der Waals surface area contributed by atoms with Crippen molar-refractivity contribution in [3.63, 3.8) is 0 Å². The Kier molecular flexibility index (Phi) is 8.11. The topological polar surface area (TPSA) is 105 Å². The molecule has 1 heterocycles. The highest BCUT2D eigenvalue weighted by atomic mass is 79.9. The van der Waals surface area contributed by atoms with Crippen molar-refractivity contribution in [2.45, 2.75) is 6.92 Å². The van der Waals surface area contributed by atoms with Gasteiger partial charge in [0, 0.05) is 20.7 Å². The minimum Gasteiger partial charge on any atom is -0.482 e. The van der Waals surface area contributed by atoms with Crippen molar-refractivity contribution >= 4 is 84.7 Å². The minimum absolute atomic E-state index is 0.227. The van der Waals surface area contributed by atoms with Crippen LogP contribution in [0.5, 0.6) is 5.75 Å². The Hall–Kier alpha value is -3.47. The van der Waals surface area contributed by atoms with Crippen LogP contribution in [0.4, 0.5) is 16.2 Å². The molecule has 1 fully saturated rings. The molecule has 0 bridgehead atoms. The molecule has 8 nitrogen and oxygen atoms in total. The second-order valence-corrected chi connectivity index (χ2v) is 10.1. The number of imide groups is 2. The van der Waals surface area contributed by atoms with Gasteiger partial charge in [-0.25, -0.2) is 9.69 Å². The Morgan fingerprint density at radius 3 is 2.41 bits per heavy atom. The lowest BCUT2D eigenvalue weighted by molar-refractivity contribution is -0.122. The van der Waals surface area contributed by atoms with Gasteiger partial charge in [-0.3, -0.25) is 19.7 Å². The Bertz CT molecular complexity index is 1440. The Morgan fingerprint density at radius 1 is 1.05 bits per heavy atom. The summed E-state index contributed by atoms with van der Waals surface area (Å²) in [6.07, 6.45) is 1.30. The lowest BCUT2D eigenvalue weighted by atomic mass is 10.1. The number of rotatable bonds is 6. The zero-order valence-electron chi connectivity index (χ0n) is 19.2. The Labute approximate surface area is 233 Å². The van der Waals surface area contributed by atoms with Crippen LogP contribution < -0.4 is 20.3 Å². The highest BCUT2D eigenvalue weighted by Gasteiger charge is 2.37. The zero-order chi connectivity index (χ0) is 26.7. The third-order valence-corrected chi connectivity index (χ3v) is 6.51. The van der Waals surface area contributed by atoms with Gasteiger partial charge in [-0.2, -0.15) is 0 Å². The molecule has 5 amide bonds. The number of nitrogens with zero attached hydrogens (tertiary/aromatic N) is 1. The number of ether oxygens (including phenoxy) is 1. The second-order valence-electron chi connectivity index (χ2n) is 7.94. The van der Waals surface area contributed by atoms with E-state index in [-0.39, 0.29) is 23.6 Å². The molecule has 0 radical (unpaired) electrons. The number of hydrogen-bond acceptors (Lipinski definition) is 5. The van der Waals surface area contributed by atoms with E-state index in [2.05, 4.69) is 42.5 Å². The van der Waals surface area contributed by atoms with Crippen LogP contribution in [0, 0.1) is 6.92 Å². The van der Waals surface area contributed by atoms with Gasteiger partial charge in [0.1, 0.15) is 11.3 Å². The highest BCUT2D eigenvalue weighted by molar-refractivity contribution is 9.11. The van der Waals surface area contributed by atoms with E-state index in [9.17, 15) is 19.2 Å². The van der Waals surface area contributed by atoms with Crippen molar-refractivity contribution in [2.24, 2.45) is 0 Å². The van der Waals surface area contributed by atoms with E-state index in [1.54, 1.807) is 24.3 Å². The average molecular weight is 648 g/mol. The summed E-state index contributed by atoms with van der Waals surface area (Å²) in [6, 6.07) is 15.8. The standard InChI is InChI=1S/C26H18Br2ClN3O5/c1-14-2-6-18(7-3-14)30-22(33)13-37-23-15(10-16(27)12-21(23)28)11-20-24(34)31-26(36)32(25(20)35)19-8-4-17(29)5-9-19/h2-12H,13H2,1H3,(H,30,33)(H,31,34,36)/b20-11-. The first-order valence-corrected chi connectivity index (χ1v) is 12.7. The van der Waals surface area contributed by atoms with E-state index in [0.29, 0.717) is 25.2 Å². The number of benzene rings is 3. The fourth-order valence-corrected chi connectivity index (χ4v) is 4.95. The molecular weight excluding hydrogens is 630 g/mol. The van der Waals surface area contributed by atoms with Gasteiger partial charge in [-0.15, -0.1) is 0 Å². The number of hydrogen-bond donors (Lipinski definition) is 2. The second kappa shape index (κ2) is 11.3. The Balaban J connectivity index is 1.61. The molecule has 0 aromatic heterocycles. The molecule has 0 unspecified atom stereocenters. The molecule has 1 saturated heterocycles. The summed E-state index contributed by atoms with van der Waals surface area (Å²) in [4.78, 5) is 51.6. The summed E-state index contributed by atoms with van der Waals surface area (Å²) >= 11 is 12.7. The third-order valence-electron chi connectivity index (χ3n) is 5.21. The number of nitrogens with one attached hydrogen (secondary N) is 2.